The summed E-state index contributed by atoms with van der Waals surface area (Å²) < 4.78 is 3.34. The molecule has 3 nitrogen and oxygen atoms in total. The molecule has 0 spiro atoms. The summed E-state index contributed by atoms with van der Waals surface area (Å²) in [6, 6.07) is 0. The summed E-state index contributed by atoms with van der Waals surface area (Å²) in [5.74, 6) is -1.21. The highest BCUT2D eigenvalue weighted by atomic mass is 80.0. The van der Waals surface area contributed by atoms with E-state index in [0.29, 0.717) is 0 Å². The van der Waals surface area contributed by atoms with Crippen molar-refractivity contribution in [2.45, 2.75) is 28.3 Å². The maximum absolute atomic E-state index is 11.1. The van der Waals surface area contributed by atoms with Gasteiger partial charge in [-0.15, -0.1) is 0 Å². The fourth-order valence-corrected chi connectivity index (χ4v) is 0.776. The van der Waals surface area contributed by atoms with Gasteiger partial charge in [-0.1, -0.05) is 13.3 Å². The maximum atomic E-state index is 11.1. The normalized spacial score (nSPS) is 11.1. The highest BCUT2D eigenvalue weighted by Crippen LogP contribution is 2.34. The first kappa shape index (κ1) is 13.6. The smallest absolute Gasteiger partial charge is 0.352 e. The Morgan fingerprint density at radius 1 is 1.31 bits per heavy atom. The van der Waals surface area contributed by atoms with Crippen molar-refractivity contribution >= 4 is 59.7 Å². The molecule has 0 N–H and O–H groups in total. The summed E-state index contributed by atoms with van der Waals surface area (Å²) in [7, 11) is 0. The number of rotatable bonds is 3. The van der Waals surface area contributed by atoms with E-state index in [1.54, 1.807) is 0 Å². The SMILES string of the molecule is CCCCC(=O)OC(=O)C(Br)(Br)Br. The second-order valence-electron chi connectivity index (χ2n) is 2.36. The molecular formula is C7H9Br3O3. The first-order valence-corrected chi connectivity index (χ1v) is 6.07. The zero-order valence-corrected chi connectivity index (χ0v) is 11.7. The minimum absolute atomic E-state index is 0.269. The fraction of sp³-hybridized carbons (Fsp3) is 0.714. The van der Waals surface area contributed by atoms with Crippen LogP contribution in [0, 0.1) is 0 Å². The second-order valence-corrected chi connectivity index (χ2v) is 9.12. The van der Waals surface area contributed by atoms with Crippen LogP contribution in [0.4, 0.5) is 0 Å². The highest BCUT2D eigenvalue weighted by Gasteiger charge is 2.32. The van der Waals surface area contributed by atoms with E-state index in [1.807, 2.05) is 6.92 Å². The topological polar surface area (TPSA) is 43.4 Å². The lowest BCUT2D eigenvalue weighted by Gasteiger charge is -2.09. The van der Waals surface area contributed by atoms with E-state index in [2.05, 4.69) is 52.5 Å². The molecule has 0 aromatic heterocycles. The van der Waals surface area contributed by atoms with Gasteiger partial charge in [0.05, 0.1) is 0 Å². The van der Waals surface area contributed by atoms with E-state index in [1.165, 1.54) is 0 Å². The van der Waals surface area contributed by atoms with Gasteiger partial charge in [0.2, 0.25) is 2.14 Å². The molecule has 0 bridgehead atoms. The van der Waals surface area contributed by atoms with Crippen LogP contribution in [0.2, 0.25) is 0 Å². The number of unbranched alkanes of at least 4 members (excludes halogenated alkanes) is 1. The van der Waals surface area contributed by atoms with Crippen molar-refractivity contribution < 1.29 is 14.3 Å². The predicted molar refractivity (Wildman–Crippen MR) is 60.1 cm³/mol. The van der Waals surface area contributed by atoms with Crippen LogP contribution in [0.25, 0.3) is 0 Å². The maximum Gasteiger partial charge on any atom is 0.352 e. The average Bonchev–Trinajstić information content (AvgIpc) is 1.99. The Morgan fingerprint density at radius 2 is 1.85 bits per heavy atom. The van der Waals surface area contributed by atoms with Crippen LogP contribution in [-0.4, -0.2) is 14.1 Å². The van der Waals surface area contributed by atoms with Gasteiger partial charge in [0, 0.05) is 6.42 Å². The summed E-state index contributed by atoms with van der Waals surface area (Å²) in [5, 5.41) is 0. The van der Waals surface area contributed by atoms with Gasteiger partial charge in [-0.25, -0.2) is 4.79 Å². The van der Waals surface area contributed by atoms with Crippen molar-refractivity contribution in [3.8, 4) is 0 Å². The number of hydrogen-bond donors (Lipinski definition) is 0. The van der Waals surface area contributed by atoms with Crippen LogP contribution in [-0.2, 0) is 14.3 Å². The molecule has 0 aromatic carbocycles. The zero-order valence-electron chi connectivity index (χ0n) is 6.98. The summed E-state index contributed by atoms with van der Waals surface area (Å²) in [5.41, 5.74) is 0. The number of ether oxygens (including phenoxy) is 1. The third-order valence-corrected chi connectivity index (χ3v) is 2.14. The Kier molecular flexibility index (Phi) is 6.41. The first-order chi connectivity index (χ1) is 5.88. The lowest BCUT2D eigenvalue weighted by molar-refractivity contribution is -0.158. The van der Waals surface area contributed by atoms with Gasteiger partial charge in [-0.3, -0.25) is 4.79 Å². The van der Waals surface area contributed by atoms with Crippen molar-refractivity contribution in [1.82, 2.24) is 0 Å². The zero-order chi connectivity index (χ0) is 10.5. The van der Waals surface area contributed by atoms with Gasteiger partial charge in [0.25, 0.3) is 0 Å². The molecule has 0 aliphatic rings. The molecule has 76 valence electrons. The summed E-state index contributed by atoms with van der Waals surface area (Å²) in [4.78, 5) is 22.0. The van der Waals surface area contributed by atoms with E-state index >= 15 is 0 Å². The summed E-state index contributed by atoms with van der Waals surface area (Å²) >= 11 is 8.84. The molecule has 0 heterocycles. The van der Waals surface area contributed by atoms with Crippen LogP contribution < -0.4 is 0 Å². The Labute approximate surface area is 102 Å². The quantitative estimate of drug-likeness (QED) is 0.429. The van der Waals surface area contributed by atoms with Gasteiger partial charge in [-0.2, -0.15) is 0 Å². The third kappa shape index (κ3) is 6.62. The number of carbonyl (C=O) groups is 2. The number of carbonyl (C=O) groups excluding carboxylic acids is 2. The third-order valence-electron chi connectivity index (χ3n) is 1.17. The number of hydrogen-bond acceptors (Lipinski definition) is 3. The predicted octanol–water partition coefficient (Wildman–Crippen LogP) is 3.08. The van der Waals surface area contributed by atoms with E-state index in [-0.39, 0.29) is 6.42 Å². The molecule has 0 atom stereocenters. The van der Waals surface area contributed by atoms with E-state index < -0.39 is 14.1 Å². The summed E-state index contributed by atoms with van der Waals surface area (Å²) in [6.07, 6.45) is 1.89. The molecular weight excluding hydrogens is 372 g/mol. The molecule has 0 saturated carbocycles. The largest absolute Gasteiger partial charge is 0.391 e. The molecule has 0 fully saturated rings. The van der Waals surface area contributed by atoms with Crippen LogP contribution in [0.5, 0.6) is 0 Å². The van der Waals surface area contributed by atoms with Crippen molar-refractivity contribution in [1.29, 1.82) is 0 Å². The van der Waals surface area contributed by atoms with E-state index in [9.17, 15) is 9.59 Å². The molecule has 13 heavy (non-hydrogen) atoms. The number of esters is 2. The van der Waals surface area contributed by atoms with Crippen molar-refractivity contribution in [3.63, 3.8) is 0 Å². The van der Waals surface area contributed by atoms with Crippen LogP contribution in [0.3, 0.4) is 0 Å². The highest BCUT2D eigenvalue weighted by molar-refractivity contribution is 9.40. The Balaban J connectivity index is 3.86. The van der Waals surface area contributed by atoms with E-state index in [0.717, 1.165) is 12.8 Å². The minimum atomic E-state index is -1.16. The van der Waals surface area contributed by atoms with Crippen molar-refractivity contribution in [2.24, 2.45) is 0 Å². The first-order valence-electron chi connectivity index (χ1n) is 3.69. The molecule has 0 unspecified atom stereocenters. The van der Waals surface area contributed by atoms with Gasteiger partial charge < -0.3 is 4.74 Å². The monoisotopic (exact) mass is 378 g/mol. The van der Waals surface area contributed by atoms with Crippen molar-refractivity contribution in [3.05, 3.63) is 0 Å². The molecule has 0 aliphatic carbocycles. The lowest BCUT2D eigenvalue weighted by atomic mass is 10.2. The number of alkyl halides is 3. The van der Waals surface area contributed by atoms with Crippen LogP contribution in [0.1, 0.15) is 26.2 Å². The Morgan fingerprint density at radius 3 is 2.23 bits per heavy atom. The van der Waals surface area contributed by atoms with Crippen LogP contribution >= 0.6 is 47.8 Å². The lowest BCUT2D eigenvalue weighted by Crippen LogP contribution is -2.23. The molecule has 0 aliphatic heterocycles. The minimum Gasteiger partial charge on any atom is -0.391 e. The standard InChI is InChI=1S/C7H9Br3O3/c1-2-3-4-5(11)13-6(12)7(8,9)10/h2-4H2,1H3. The molecule has 0 rings (SSSR count). The Bertz CT molecular complexity index is 198. The second kappa shape index (κ2) is 6.14. The van der Waals surface area contributed by atoms with Gasteiger partial charge >= 0.3 is 11.9 Å². The molecule has 0 saturated heterocycles. The fourth-order valence-electron chi connectivity index (χ4n) is 0.533. The molecule has 0 aromatic rings. The Hall–Kier alpha value is 0.580. The van der Waals surface area contributed by atoms with Gasteiger partial charge in [0.1, 0.15) is 0 Å². The molecule has 0 amide bonds. The summed E-state index contributed by atoms with van der Waals surface area (Å²) in [6.45, 7) is 1.96. The molecule has 0 radical (unpaired) electrons. The van der Waals surface area contributed by atoms with Gasteiger partial charge in [0.15, 0.2) is 0 Å². The average molecular weight is 381 g/mol. The van der Waals surface area contributed by atoms with E-state index in [4.69, 9.17) is 0 Å². The van der Waals surface area contributed by atoms with Gasteiger partial charge in [-0.05, 0) is 54.2 Å². The van der Waals surface area contributed by atoms with Crippen LogP contribution in [0.15, 0.2) is 0 Å². The van der Waals surface area contributed by atoms with Crippen molar-refractivity contribution in [2.75, 3.05) is 0 Å². The molecule has 6 heteroatoms. The number of halogens is 3.